The maximum absolute atomic E-state index is 12.1. The molecule has 0 spiro atoms. The summed E-state index contributed by atoms with van der Waals surface area (Å²) in [6.45, 7) is -0.0490. The molecule has 2 rings (SSSR count). The Kier molecular flexibility index (Phi) is 5.08. The molecule has 2 N–H and O–H groups in total. The number of aliphatic carboxylic acids is 1. The van der Waals surface area contributed by atoms with E-state index in [0.29, 0.717) is 17.9 Å². The number of hydrogen-bond acceptors (Lipinski definition) is 4. The van der Waals surface area contributed by atoms with Crippen LogP contribution < -0.4 is 5.32 Å². The molecule has 1 aromatic carbocycles. The third-order valence-corrected chi connectivity index (χ3v) is 5.76. The zero-order valence-corrected chi connectivity index (χ0v) is 13.2. The van der Waals surface area contributed by atoms with E-state index < -0.39 is 33.5 Å². The lowest BCUT2D eigenvalue weighted by Gasteiger charge is -2.31. The minimum Gasteiger partial charge on any atom is -0.481 e. The predicted molar refractivity (Wildman–Crippen MR) is 80.4 cm³/mol. The van der Waals surface area contributed by atoms with Crippen LogP contribution in [0.15, 0.2) is 29.2 Å². The lowest BCUT2D eigenvalue weighted by atomic mass is 9.73. The third kappa shape index (κ3) is 3.78. The first-order valence-electron chi connectivity index (χ1n) is 6.80. The van der Waals surface area contributed by atoms with Gasteiger partial charge in [0.1, 0.15) is 0 Å². The van der Waals surface area contributed by atoms with Crippen LogP contribution in [0.25, 0.3) is 0 Å². The van der Waals surface area contributed by atoms with Gasteiger partial charge in [-0.15, -0.1) is 0 Å². The Bertz CT molecular complexity index is 671. The number of carbonyl (C=O) groups excluding carboxylic acids is 1. The van der Waals surface area contributed by atoms with Crippen molar-refractivity contribution < 1.29 is 23.1 Å². The molecule has 0 radical (unpaired) electrons. The predicted octanol–water partition coefficient (Wildman–Crippen LogP) is 1.34. The normalized spacial score (nSPS) is 21.0. The molecule has 1 aliphatic carbocycles. The van der Waals surface area contributed by atoms with E-state index in [0.717, 1.165) is 0 Å². The number of carbonyl (C=O) groups is 2. The van der Waals surface area contributed by atoms with Gasteiger partial charge in [-0.3, -0.25) is 9.59 Å². The molecule has 1 aliphatic rings. The molecule has 1 fully saturated rings. The van der Waals surface area contributed by atoms with Gasteiger partial charge < -0.3 is 10.4 Å². The molecular formula is C14H16ClNO5S. The second-order valence-corrected chi connectivity index (χ2v) is 7.74. The van der Waals surface area contributed by atoms with Crippen molar-refractivity contribution >= 4 is 33.3 Å². The molecule has 8 heteroatoms. The zero-order chi connectivity index (χ0) is 16.3. The molecule has 120 valence electrons. The van der Waals surface area contributed by atoms with Crippen molar-refractivity contribution in [1.82, 2.24) is 5.32 Å². The fourth-order valence-electron chi connectivity index (χ4n) is 2.31. The van der Waals surface area contributed by atoms with Crippen molar-refractivity contribution in [3.63, 3.8) is 0 Å². The van der Waals surface area contributed by atoms with Gasteiger partial charge in [0.15, 0.2) is 9.84 Å². The van der Waals surface area contributed by atoms with Gasteiger partial charge in [0.25, 0.3) is 0 Å². The molecule has 0 aromatic heterocycles. The molecule has 0 aliphatic heterocycles. The standard InChI is InChI=1S/C14H16ClNO5S/c15-9-1-3-10(4-2-9)22(20,21)8-7-16-13(17)11-5-6-12(11)14(18)19/h1-4,11-12H,5-8H2,(H,16,17)(H,18,19). The van der Waals surface area contributed by atoms with Gasteiger partial charge >= 0.3 is 5.97 Å². The molecule has 2 unspecified atom stereocenters. The van der Waals surface area contributed by atoms with Gasteiger partial charge in [-0.25, -0.2) is 8.42 Å². The van der Waals surface area contributed by atoms with Crippen molar-refractivity contribution in [2.75, 3.05) is 12.3 Å². The number of halogens is 1. The first kappa shape index (κ1) is 16.8. The number of sulfone groups is 1. The van der Waals surface area contributed by atoms with E-state index in [4.69, 9.17) is 16.7 Å². The van der Waals surface area contributed by atoms with Crippen LogP contribution in [-0.4, -0.2) is 37.7 Å². The summed E-state index contributed by atoms with van der Waals surface area (Å²) in [6.07, 6.45) is 1.00. The number of rotatable bonds is 6. The molecule has 6 nitrogen and oxygen atoms in total. The van der Waals surface area contributed by atoms with Crippen LogP contribution in [0.2, 0.25) is 5.02 Å². The Morgan fingerprint density at radius 3 is 2.27 bits per heavy atom. The summed E-state index contributed by atoms with van der Waals surface area (Å²) in [5.74, 6) is -2.85. The summed E-state index contributed by atoms with van der Waals surface area (Å²) in [6, 6.07) is 5.79. The highest BCUT2D eigenvalue weighted by molar-refractivity contribution is 7.91. The van der Waals surface area contributed by atoms with Gasteiger partial charge in [0, 0.05) is 11.6 Å². The monoisotopic (exact) mass is 345 g/mol. The van der Waals surface area contributed by atoms with E-state index >= 15 is 0 Å². The SMILES string of the molecule is O=C(O)C1CCC1C(=O)NCCS(=O)(=O)c1ccc(Cl)cc1. The zero-order valence-electron chi connectivity index (χ0n) is 11.7. The lowest BCUT2D eigenvalue weighted by molar-refractivity contribution is -0.152. The van der Waals surface area contributed by atoms with Crippen molar-refractivity contribution in [3.05, 3.63) is 29.3 Å². The van der Waals surface area contributed by atoms with E-state index in [9.17, 15) is 18.0 Å². The quantitative estimate of drug-likeness (QED) is 0.810. The number of hydrogen-bond donors (Lipinski definition) is 2. The number of carboxylic acids is 1. The highest BCUT2D eigenvalue weighted by Crippen LogP contribution is 2.34. The molecule has 0 bridgehead atoms. The van der Waals surface area contributed by atoms with Gasteiger partial charge in [-0.05, 0) is 37.1 Å². The summed E-state index contributed by atoms with van der Waals surface area (Å²) in [4.78, 5) is 22.8. The second kappa shape index (κ2) is 6.66. The number of amides is 1. The fourth-order valence-corrected chi connectivity index (χ4v) is 3.59. The van der Waals surface area contributed by atoms with Crippen LogP contribution in [0.4, 0.5) is 0 Å². The second-order valence-electron chi connectivity index (χ2n) is 5.19. The Balaban J connectivity index is 1.86. The average Bonchev–Trinajstić information content (AvgIpc) is 2.36. The lowest BCUT2D eigenvalue weighted by Crippen LogP contribution is -2.45. The fraction of sp³-hybridized carbons (Fsp3) is 0.429. The first-order valence-corrected chi connectivity index (χ1v) is 8.83. The molecular weight excluding hydrogens is 330 g/mol. The van der Waals surface area contributed by atoms with E-state index in [1.807, 2.05) is 0 Å². The Hall–Kier alpha value is -1.60. The van der Waals surface area contributed by atoms with E-state index in [1.165, 1.54) is 24.3 Å². The van der Waals surface area contributed by atoms with Gasteiger partial charge in [-0.2, -0.15) is 0 Å². The van der Waals surface area contributed by atoms with Crippen LogP contribution in [-0.2, 0) is 19.4 Å². The van der Waals surface area contributed by atoms with Crippen molar-refractivity contribution in [2.45, 2.75) is 17.7 Å². The van der Waals surface area contributed by atoms with Crippen molar-refractivity contribution in [1.29, 1.82) is 0 Å². The summed E-state index contributed by atoms with van der Waals surface area (Å²) < 4.78 is 24.1. The minimum atomic E-state index is -3.51. The van der Waals surface area contributed by atoms with E-state index in [1.54, 1.807) is 0 Å². The smallest absolute Gasteiger partial charge is 0.307 e. The summed E-state index contributed by atoms with van der Waals surface area (Å²) >= 11 is 5.70. The van der Waals surface area contributed by atoms with Crippen LogP contribution in [0.3, 0.4) is 0 Å². The van der Waals surface area contributed by atoms with Gasteiger partial charge in [0.05, 0.1) is 22.5 Å². The number of carboxylic acid groups (broad SMARTS) is 1. The van der Waals surface area contributed by atoms with Crippen LogP contribution >= 0.6 is 11.6 Å². The highest BCUT2D eigenvalue weighted by Gasteiger charge is 2.41. The number of nitrogens with one attached hydrogen (secondary N) is 1. The highest BCUT2D eigenvalue weighted by atomic mass is 35.5. The van der Waals surface area contributed by atoms with Gasteiger partial charge in [-0.1, -0.05) is 11.6 Å². The molecule has 1 amide bonds. The summed E-state index contributed by atoms with van der Waals surface area (Å²) in [7, 11) is -3.51. The van der Waals surface area contributed by atoms with Crippen molar-refractivity contribution in [3.8, 4) is 0 Å². The summed E-state index contributed by atoms with van der Waals surface area (Å²) in [5, 5.41) is 11.8. The number of benzene rings is 1. The van der Waals surface area contributed by atoms with Crippen LogP contribution in [0.5, 0.6) is 0 Å². The third-order valence-electron chi connectivity index (χ3n) is 3.77. The Labute approximate surface area is 133 Å². The Morgan fingerprint density at radius 1 is 1.18 bits per heavy atom. The topological polar surface area (TPSA) is 101 Å². The van der Waals surface area contributed by atoms with Crippen LogP contribution in [0, 0.1) is 11.8 Å². The molecule has 0 heterocycles. The maximum Gasteiger partial charge on any atom is 0.307 e. The molecule has 0 saturated heterocycles. The Morgan fingerprint density at radius 2 is 1.77 bits per heavy atom. The average molecular weight is 346 g/mol. The maximum atomic E-state index is 12.1. The molecule has 2 atom stereocenters. The van der Waals surface area contributed by atoms with Gasteiger partial charge in [0.2, 0.25) is 5.91 Å². The first-order chi connectivity index (χ1) is 10.3. The molecule has 1 saturated carbocycles. The van der Waals surface area contributed by atoms with E-state index in [2.05, 4.69) is 5.32 Å². The molecule has 22 heavy (non-hydrogen) atoms. The minimum absolute atomic E-state index is 0.0490. The summed E-state index contributed by atoms with van der Waals surface area (Å²) in [5.41, 5.74) is 0. The van der Waals surface area contributed by atoms with E-state index in [-0.39, 0.29) is 17.2 Å². The largest absolute Gasteiger partial charge is 0.481 e. The van der Waals surface area contributed by atoms with Crippen LogP contribution in [0.1, 0.15) is 12.8 Å². The molecule has 1 aromatic rings. The van der Waals surface area contributed by atoms with Crippen molar-refractivity contribution in [2.24, 2.45) is 11.8 Å².